The van der Waals surface area contributed by atoms with Crippen molar-refractivity contribution in [2.45, 2.75) is 19.3 Å². The summed E-state index contributed by atoms with van der Waals surface area (Å²) in [6.07, 6.45) is 7.16. The molecule has 1 aromatic rings. The number of nitrogens with zero attached hydrogens (tertiary/aromatic N) is 3. The van der Waals surface area contributed by atoms with Crippen LogP contribution in [-0.4, -0.2) is 28.1 Å². The number of nitrogens with one attached hydrogen (secondary N) is 1. The third-order valence-electron chi connectivity index (χ3n) is 2.29. The van der Waals surface area contributed by atoms with Gasteiger partial charge in [0.25, 0.3) is 0 Å². The molecule has 0 spiro atoms. The van der Waals surface area contributed by atoms with E-state index in [1.807, 2.05) is 0 Å². The van der Waals surface area contributed by atoms with Crippen LogP contribution in [0.4, 0.5) is 5.82 Å². The first-order chi connectivity index (χ1) is 6.86. The van der Waals surface area contributed by atoms with E-state index in [4.69, 9.17) is 0 Å². The van der Waals surface area contributed by atoms with Crippen LogP contribution in [0.1, 0.15) is 19.3 Å². The molecule has 0 aromatic carbocycles. The van der Waals surface area contributed by atoms with Gasteiger partial charge in [-0.3, -0.25) is 0 Å². The molecule has 0 saturated carbocycles. The van der Waals surface area contributed by atoms with Crippen LogP contribution in [0.5, 0.6) is 0 Å². The Morgan fingerprint density at radius 2 is 2.07 bits per heavy atom. The van der Waals surface area contributed by atoms with E-state index >= 15 is 0 Å². The fourth-order valence-electron chi connectivity index (χ4n) is 1.55. The zero-order valence-electron chi connectivity index (χ0n) is 7.91. The molecule has 1 N–H and O–H groups in total. The molecule has 0 bridgehead atoms. The summed E-state index contributed by atoms with van der Waals surface area (Å²) < 4.78 is 0.908. The average molecular weight is 257 g/mol. The van der Waals surface area contributed by atoms with Crippen molar-refractivity contribution in [1.82, 2.24) is 15.0 Å². The second-order valence-electron chi connectivity index (χ2n) is 3.38. The van der Waals surface area contributed by atoms with Crippen LogP contribution >= 0.6 is 15.9 Å². The van der Waals surface area contributed by atoms with Crippen molar-refractivity contribution < 1.29 is 0 Å². The largest absolute Gasteiger partial charge is 0.302 e. The Morgan fingerprint density at radius 1 is 1.29 bits per heavy atom. The SMILES string of the molecule is Brc1cncnc1NN1CCCCC1. The van der Waals surface area contributed by atoms with Gasteiger partial charge in [-0.1, -0.05) is 6.42 Å². The summed E-state index contributed by atoms with van der Waals surface area (Å²) in [4.78, 5) is 8.08. The first-order valence-electron chi connectivity index (χ1n) is 4.83. The molecule has 76 valence electrons. The van der Waals surface area contributed by atoms with E-state index in [1.54, 1.807) is 12.5 Å². The molecule has 0 atom stereocenters. The summed E-state index contributed by atoms with van der Waals surface area (Å²) in [5.74, 6) is 0.849. The Labute approximate surface area is 91.8 Å². The molecule has 1 aliphatic rings. The Hall–Kier alpha value is -0.680. The third kappa shape index (κ3) is 2.42. The van der Waals surface area contributed by atoms with E-state index in [0.717, 1.165) is 23.4 Å². The van der Waals surface area contributed by atoms with E-state index in [0.29, 0.717) is 0 Å². The standard InChI is InChI=1S/C9H13BrN4/c10-8-6-11-7-12-9(8)13-14-4-2-1-3-5-14/h6-7H,1-5H2,(H,11,12,13). The molecule has 1 aliphatic heterocycles. The van der Waals surface area contributed by atoms with Gasteiger partial charge in [-0.2, -0.15) is 0 Å². The molecule has 0 amide bonds. The molecule has 1 saturated heterocycles. The quantitative estimate of drug-likeness (QED) is 0.880. The molecule has 1 fully saturated rings. The van der Waals surface area contributed by atoms with Gasteiger partial charge in [0.2, 0.25) is 0 Å². The number of halogens is 1. The van der Waals surface area contributed by atoms with Crippen LogP contribution in [-0.2, 0) is 0 Å². The first kappa shape index (κ1) is 9.86. The minimum Gasteiger partial charge on any atom is -0.302 e. The number of hydrogen-bond acceptors (Lipinski definition) is 4. The topological polar surface area (TPSA) is 41.1 Å². The Balaban J connectivity index is 1.99. The predicted octanol–water partition coefficient (Wildman–Crippen LogP) is 2.05. The zero-order chi connectivity index (χ0) is 9.80. The van der Waals surface area contributed by atoms with Crippen LogP contribution in [0.2, 0.25) is 0 Å². The number of hydrazine groups is 1. The van der Waals surface area contributed by atoms with E-state index in [1.165, 1.54) is 19.3 Å². The summed E-state index contributed by atoms with van der Waals surface area (Å²) in [5.41, 5.74) is 3.28. The normalized spacial score (nSPS) is 18.1. The van der Waals surface area contributed by atoms with Crippen molar-refractivity contribution in [2.24, 2.45) is 0 Å². The van der Waals surface area contributed by atoms with Crippen LogP contribution in [0.15, 0.2) is 17.0 Å². The lowest BCUT2D eigenvalue weighted by atomic mass is 10.2. The fourth-order valence-corrected chi connectivity index (χ4v) is 1.86. The molecule has 1 aromatic heterocycles. The van der Waals surface area contributed by atoms with E-state index in [2.05, 4.69) is 36.3 Å². The highest BCUT2D eigenvalue weighted by Gasteiger charge is 2.11. The smallest absolute Gasteiger partial charge is 0.158 e. The number of hydrogen-bond donors (Lipinski definition) is 1. The summed E-state index contributed by atoms with van der Waals surface area (Å²) in [7, 11) is 0. The lowest BCUT2D eigenvalue weighted by Crippen LogP contribution is -2.35. The fraction of sp³-hybridized carbons (Fsp3) is 0.556. The van der Waals surface area contributed by atoms with Crippen molar-refractivity contribution in [2.75, 3.05) is 18.5 Å². The van der Waals surface area contributed by atoms with Crippen molar-refractivity contribution in [3.8, 4) is 0 Å². The van der Waals surface area contributed by atoms with Crippen molar-refractivity contribution in [3.05, 3.63) is 17.0 Å². The van der Waals surface area contributed by atoms with E-state index in [-0.39, 0.29) is 0 Å². The number of rotatable bonds is 2. The maximum Gasteiger partial charge on any atom is 0.158 e. The summed E-state index contributed by atoms with van der Waals surface area (Å²) in [6.45, 7) is 2.19. The molecule has 0 aliphatic carbocycles. The molecule has 2 rings (SSSR count). The lowest BCUT2D eigenvalue weighted by molar-refractivity contribution is 0.272. The summed E-state index contributed by atoms with van der Waals surface area (Å²) in [6, 6.07) is 0. The molecule has 2 heterocycles. The number of piperidine rings is 1. The van der Waals surface area contributed by atoms with Gasteiger partial charge in [0.1, 0.15) is 6.33 Å². The van der Waals surface area contributed by atoms with Crippen molar-refractivity contribution in [1.29, 1.82) is 0 Å². The Kier molecular flexibility index (Phi) is 3.31. The van der Waals surface area contributed by atoms with E-state index in [9.17, 15) is 0 Å². The third-order valence-corrected chi connectivity index (χ3v) is 2.87. The molecular formula is C9H13BrN4. The highest BCUT2D eigenvalue weighted by molar-refractivity contribution is 9.10. The van der Waals surface area contributed by atoms with Crippen molar-refractivity contribution in [3.63, 3.8) is 0 Å². The van der Waals surface area contributed by atoms with Crippen LogP contribution < -0.4 is 5.43 Å². The maximum atomic E-state index is 4.16. The number of aromatic nitrogens is 2. The Bertz CT molecular complexity index is 299. The van der Waals surface area contributed by atoms with Gasteiger partial charge < -0.3 is 5.43 Å². The second kappa shape index (κ2) is 4.70. The minimum atomic E-state index is 0.849. The van der Waals surface area contributed by atoms with Crippen LogP contribution in [0, 0.1) is 0 Å². The number of anilines is 1. The predicted molar refractivity (Wildman–Crippen MR) is 58.8 cm³/mol. The summed E-state index contributed by atoms with van der Waals surface area (Å²) in [5, 5.41) is 2.20. The maximum absolute atomic E-state index is 4.16. The summed E-state index contributed by atoms with van der Waals surface area (Å²) >= 11 is 3.41. The van der Waals surface area contributed by atoms with Gasteiger partial charge >= 0.3 is 0 Å². The Morgan fingerprint density at radius 3 is 2.79 bits per heavy atom. The van der Waals surface area contributed by atoms with Crippen molar-refractivity contribution >= 4 is 21.7 Å². The highest BCUT2D eigenvalue weighted by atomic mass is 79.9. The average Bonchev–Trinajstić information content (AvgIpc) is 2.23. The lowest BCUT2D eigenvalue weighted by Gasteiger charge is -2.27. The molecule has 4 nitrogen and oxygen atoms in total. The highest BCUT2D eigenvalue weighted by Crippen LogP contribution is 2.19. The van der Waals surface area contributed by atoms with Gasteiger partial charge in [0.05, 0.1) is 4.47 Å². The van der Waals surface area contributed by atoms with Crippen LogP contribution in [0.25, 0.3) is 0 Å². The zero-order valence-corrected chi connectivity index (χ0v) is 9.50. The molecule has 0 radical (unpaired) electrons. The van der Waals surface area contributed by atoms with Gasteiger partial charge in [0, 0.05) is 19.3 Å². The second-order valence-corrected chi connectivity index (χ2v) is 4.23. The monoisotopic (exact) mass is 256 g/mol. The molecular weight excluding hydrogens is 244 g/mol. The minimum absolute atomic E-state index is 0.849. The van der Waals surface area contributed by atoms with Crippen LogP contribution in [0.3, 0.4) is 0 Å². The first-order valence-corrected chi connectivity index (χ1v) is 5.62. The molecule has 0 unspecified atom stereocenters. The molecule has 5 heteroatoms. The van der Waals surface area contributed by atoms with Gasteiger partial charge in [-0.15, -0.1) is 0 Å². The van der Waals surface area contributed by atoms with Gasteiger partial charge in [-0.25, -0.2) is 15.0 Å². The van der Waals surface area contributed by atoms with Gasteiger partial charge in [-0.05, 0) is 28.8 Å². The van der Waals surface area contributed by atoms with E-state index < -0.39 is 0 Å². The van der Waals surface area contributed by atoms with Gasteiger partial charge in [0.15, 0.2) is 5.82 Å². The molecule has 14 heavy (non-hydrogen) atoms.